The van der Waals surface area contributed by atoms with Crippen LogP contribution in [0.5, 0.6) is 0 Å². The Balaban J connectivity index is 2.13. The van der Waals surface area contributed by atoms with E-state index in [2.05, 4.69) is 20.3 Å². The van der Waals surface area contributed by atoms with E-state index in [0.29, 0.717) is 16.4 Å². The Morgan fingerprint density at radius 3 is 3.06 bits per heavy atom. The van der Waals surface area contributed by atoms with E-state index in [1.165, 1.54) is 11.3 Å². The molecule has 1 unspecified atom stereocenters. The van der Waals surface area contributed by atoms with Crippen molar-refractivity contribution in [3.8, 4) is 10.7 Å². The number of rotatable bonds is 4. The fraction of sp³-hybridized carbons (Fsp3) is 0.273. The number of hydrogen-bond acceptors (Lipinski definition) is 6. The Morgan fingerprint density at radius 1 is 1.56 bits per heavy atom. The molecule has 0 fully saturated rings. The number of nitrogens with one attached hydrogen (secondary N) is 1. The number of carbonyl (C=O) groups excluding carboxylic acids is 1. The second kappa shape index (κ2) is 5.65. The zero-order valence-electron chi connectivity index (χ0n) is 9.70. The summed E-state index contributed by atoms with van der Waals surface area (Å²) < 4.78 is 0. The normalized spacial score (nSPS) is 12.1. The van der Waals surface area contributed by atoms with Crippen LogP contribution >= 0.6 is 11.3 Å². The van der Waals surface area contributed by atoms with Gasteiger partial charge in [0.05, 0.1) is 12.8 Å². The number of amides is 1. The molecule has 0 aromatic carbocycles. The van der Waals surface area contributed by atoms with Gasteiger partial charge in [-0.3, -0.25) is 14.8 Å². The monoisotopic (exact) mass is 264 g/mol. The summed E-state index contributed by atoms with van der Waals surface area (Å²) in [5, 5.41) is 13.8. The summed E-state index contributed by atoms with van der Waals surface area (Å²) in [6, 6.07) is -0.292. The van der Waals surface area contributed by atoms with Gasteiger partial charge in [-0.25, -0.2) is 4.98 Å². The van der Waals surface area contributed by atoms with Crippen molar-refractivity contribution >= 4 is 17.2 Å². The third-order valence-corrected chi connectivity index (χ3v) is 3.04. The van der Waals surface area contributed by atoms with E-state index < -0.39 is 0 Å². The van der Waals surface area contributed by atoms with Gasteiger partial charge in [0.2, 0.25) is 0 Å². The molecule has 94 valence electrons. The smallest absolute Gasteiger partial charge is 0.271 e. The molecule has 2 rings (SSSR count). The van der Waals surface area contributed by atoms with Crippen molar-refractivity contribution in [1.82, 2.24) is 20.3 Å². The Labute approximate surface area is 108 Å². The Bertz CT molecular complexity index is 529. The average molecular weight is 264 g/mol. The summed E-state index contributed by atoms with van der Waals surface area (Å²) >= 11 is 1.33. The van der Waals surface area contributed by atoms with Crippen LogP contribution in [0.3, 0.4) is 0 Å². The quantitative estimate of drug-likeness (QED) is 0.849. The molecule has 0 aliphatic rings. The summed E-state index contributed by atoms with van der Waals surface area (Å²) in [6.07, 6.45) is 4.74. The lowest BCUT2D eigenvalue weighted by Crippen LogP contribution is -2.35. The highest BCUT2D eigenvalue weighted by Gasteiger charge is 2.14. The number of aliphatic hydroxyl groups excluding tert-OH is 1. The van der Waals surface area contributed by atoms with Gasteiger partial charge >= 0.3 is 0 Å². The zero-order valence-corrected chi connectivity index (χ0v) is 10.5. The first-order valence-electron chi connectivity index (χ1n) is 5.34. The van der Waals surface area contributed by atoms with Gasteiger partial charge in [0.1, 0.15) is 16.4 Å². The molecule has 2 aromatic rings. The first-order chi connectivity index (χ1) is 8.70. The van der Waals surface area contributed by atoms with Crippen LogP contribution in [-0.2, 0) is 0 Å². The molecule has 0 spiro atoms. The molecule has 1 atom stereocenters. The van der Waals surface area contributed by atoms with Gasteiger partial charge in [-0.1, -0.05) is 0 Å². The van der Waals surface area contributed by atoms with Gasteiger partial charge in [-0.05, 0) is 6.92 Å². The number of hydrogen-bond donors (Lipinski definition) is 2. The van der Waals surface area contributed by atoms with Crippen LogP contribution < -0.4 is 5.32 Å². The molecule has 1 amide bonds. The van der Waals surface area contributed by atoms with Crippen LogP contribution in [0.15, 0.2) is 24.0 Å². The van der Waals surface area contributed by atoms with Crippen LogP contribution in [0, 0.1) is 0 Å². The third-order valence-electron chi connectivity index (χ3n) is 2.17. The van der Waals surface area contributed by atoms with Crippen LogP contribution in [0.1, 0.15) is 17.4 Å². The van der Waals surface area contributed by atoms with Gasteiger partial charge in [-0.2, -0.15) is 0 Å². The van der Waals surface area contributed by atoms with Gasteiger partial charge < -0.3 is 10.4 Å². The lowest BCUT2D eigenvalue weighted by atomic mass is 10.3. The Morgan fingerprint density at radius 2 is 2.39 bits per heavy atom. The van der Waals surface area contributed by atoms with Crippen LogP contribution in [0.2, 0.25) is 0 Å². The third kappa shape index (κ3) is 2.88. The maximum Gasteiger partial charge on any atom is 0.271 e. The lowest BCUT2D eigenvalue weighted by molar-refractivity contribution is 0.0918. The van der Waals surface area contributed by atoms with E-state index in [-0.39, 0.29) is 18.6 Å². The molecule has 6 nitrogen and oxygen atoms in total. The van der Waals surface area contributed by atoms with E-state index >= 15 is 0 Å². The van der Waals surface area contributed by atoms with Gasteiger partial charge in [0, 0.05) is 23.8 Å². The SMILES string of the molecule is CC(CO)NC(=O)c1csc(-c2cnccn2)n1. The predicted octanol–water partition coefficient (Wildman–Crippen LogP) is 0.711. The molecule has 2 N–H and O–H groups in total. The molecule has 2 heterocycles. The molecule has 0 saturated carbocycles. The molecule has 0 bridgehead atoms. The standard InChI is InChI=1S/C11H12N4O2S/c1-7(5-16)14-10(17)9-6-18-11(15-9)8-4-12-2-3-13-8/h2-4,6-7,16H,5H2,1H3,(H,14,17). The van der Waals surface area contributed by atoms with Crippen molar-refractivity contribution in [1.29, 1.82) is 0 Å². The van der Waals surface area contributed by atoms with Crippen LogP contribution in [0.25, 0.3) is 10.7 Å². The van der Waals surface area contributed by atoms with Crippen molar-refractivity contribution in [2.75, 3.05) is 6.61 Å². The fourth-order valence-corrected chi connectivity index (χ4v) is 2.01. The van der Waals surface area contributed by atoms with Crippen LogP contribution in [-0.4, -0.2) is 38.6 Å². The lowest BCUT2D eigenvalue weighted by Gasteiger charge is -2.08. The minimum absolute atomic E-state index is 0.104. The first-order valence-corrected chi connectivity index (χ1v) is 6.22. The highest BCUT2D eigenvalue weighted by molar-refractivity contribution is 7.13. The Kier molecular flexibility index (Phi) is 3.96. The van der Waals surface area contributed by atoms with Gasteiger partial charge in [0.15, 0.2) is 0 Å². The van der Waals surface area contributed by atoms with Crippen molar-refractivity contribution in [2.24, 2.45) is 0 Å². The van der Waals surface area contributed by atoms with E-state index in [9.17, 15) is 4.79 Å². The molecular formula is C11H12N4O2S. The topological polar surface area (TPSA) is 88.0 Å². The van der Waals surface area contributed by atoms with Crippen molar-refractivity contribution in [3.63, 3.8) is 0 Å². The number of thiazole rings is 1. The summed E-state index contributed by atoms with van der Waals surface area (Å²) in [5.41, 5.74) is 0.956. The number of aromatic nitrogens is 3. The molecule has 18 heavy (non-hydrogen) atoms. The zero-order chi connectivity index (χ0) is 13.0. The molecule has 0 saturated heterocycles. The molecule has 0 aliphatic heterocycles. The molecule has 0 radical (unpaired) electrons. The fourth-order valence-electron chi connectivity index (χ4n) is 1.25. The van der Waals surface area contributed by atoms with Crippen LogP contribution in [0.4, 0.5) is 0 Å². The summed E-state index contributed by atoms with van der Waals surface area (Å²) in [7, 11) is 0. The highest BCUT2D eigenvalue weighted by Crippen LogP contribution is 2.20. The molecule has 0 aliphatic carbocycles. The first kappa shape index (κ1) is 12.6. The van der Waals surface area contributed by atoms with Crippen molar-refractivity contribution < 1.29 is 9.90 Å². The molecule has 7 heteroatoms. The summed E-state index contributed by atoms with van der Waals surface area (Å²) in [5.74, 6) is -0.303. The van der Waals surface area contributed by atoms with E-state index in [1.54, 1.807) is 30.9 Å². The summed E-state index contributed by atoms with van der Waals surface area (Å²) in [6.45, 7) is 1.61. The van der Waals surface area contributed by atoms with E-state index in [0.717, 1.165) is 0 Å². The highest BCUT2D eigenvalue weighted by atomic mass is 32.1. The molecular weight excluding hydrogens is 252 g/mol. The Hall–Kier alpha value is -1.86. The van der Waals surface area contributed by atoms with Crippen molar-refractivity contribution in [2.45, 2.75) is 13.0 Å². The maximum atomic E-state index is 11.7. The summed E-state index contributed by atoms with van der Waals surface area (Å²) in [4.78, 5) is 24.0. The number of nitrogens with zero attached hydrogens (tertiary/aromatic N) is 3. The minimum atomic E-state index is -0.303. The largest absolute Gasteiger partial charge is 0.394 e. The van der Waals surface area contributed by atoms with E-state index in [1.807, 2.05) is 0 Å². The second-order valence-corrected chi connectivity index (χ2v) is 4.54. The molecule has 2 aromatic heterocycles. The average Bonchev–Trinajstić information content (AvgIpc) is 2.89. The van der Waals surface area contributed by atoms with E-state index in [4.69, 9.17) is 5.11 Å². The second-order valence-electron chi connectivity index (χ2n) is 3.69. The minimum Gasteiger partial charge on any atom is -0.394 e. The van der Waals surface area contributed by atoms with Gasteiger partial charge in [-0.15, -0.1) is 11.3 Å². The number of aliphatic hydroxyl groups is 1. The maximum absolute atomic E-state index is 11.7. The number of carbonyl (C=O) groups is 1. The van der Waals surface area contributed by atoms with Crippen molar-refractivity contribution in [3.05, 3.63) is 29.7 Å². The predicted molar refractivity (Wildman–Crippen MR) is 67.2 cm³/mol. The van der Waals surface area contributed by atoms with Gasteiger partial charge in [0.25, 0.3) is 5.91 Å².